The first-order valence-corrected chi connectivity index (χ1v) is 8.70. The zero-order valence-electron chi connectivity index (χ0n) is 14.6. The molecule has 2 rings (SSSR count). The molecular formula is C19H30N2O. The molecule has 22 heavy (non-hydrogen) atoms. The molecule has 0 aliphatic carbocycles. The Labute approximate surface area is 135 Å². The fraction of sp³-hybridized carbons (Fsp3) is 0.632. The van der Waals surface area contributed by atoms with Crippen LogP contribution in [0, 0.1) is 5.92 Å². The van der Waals surface area contributed by atoms with Gasteiger partial charge in [0.1, 0.15) is 0 Å². The van der Waals surface area contributed by atoms with Crippen LogP contribution in [-0.2, 0) is 17.6 Å². The Morgan fingerprint density at radius 2 is 1.59 bits per heavy atom. The molecule has 0 radical (unpaired) electrons. The zero-order valence-corrected chi connectivity index (χ0v) is 14.6. The SMILES string of the molecule is CCc1cccc(CC)c1N1CCN(C(=O)CC(C)C)CC1. The Hall–Kier alpha value is -1.51. The van der Waals surface area contributed by atoms with Gasteiger partial charge in [0.15, 0.2) is 0 Å². The van der Waals surface area contributed by atoms with Crippen molar-refractivity contribution in [2.45, 2.75) is 47.0 Å². The van der Waals surface area contributed by atoms with Gasteiger partial charge in [0, 0.05) is 38.3 Å². The Kier molecular flexibility index (Phi) is 5.87. The third kappa shape index (κ3) is 3.82. The van der Waals surface area contributed by atoms with Gasteiger partial charge in [-0.1, -0.05) is 45.9 Å². The Morgan fingerprint density at radius 3 is 2.05 bits per heavy atom. The van der Waals surface area contributed by atoms with Crippen LogP contribution in [0.3, 0.4) is 0 Å². The van der Waals surface area contributed by atoms with Crippen molar-refractivity contribution in [2.24, 2.45) is 5.92 Å². The average molecular weight is 302 g/mol. The minimum Gasteiger partial charge on any atom is -0.368 e. The number of rotatable bonds is 5. The minimum atomic E-state index is 0.314. The van der Waals surface area contributed by atoms with Gasteiger partial charge in [-0.25, -0.2) is 0 Å². The van der Waals surface area contributed by atoms with Gasteiger partial charge >= 0.3 is 0 Å². The number of anilines is 1. The van der Waals surface area contributed by atoms with E-state index in [2.05, 4.69) is 50.8 Å². The summed E-state index contributed by atoms with van der Waals surface area (Å²) in [7, 11) is 0. The van der Waals surface area contributed by atoms with E-state index in [1.54, 1.807) is 0 Å². The van der Waals surface area contributed by atoms with Crippen LogP contribution in [0.4, 0.5) is 5.69 Å². The lowest BCUT2D eigenvalue weighted by Crippen LogP contribution is -2.49. The highest BCUT2D eigenvalue weighted by molar-refractivity contribution is 5.76. The normalized spacial score (nSPS) is 15.5. The second-order valence-corrected chi connectivity index (χ2v) is 6.60. The number of piperazine rings is 1. The number of hydrogen-bond acceptors (Lipinski definition) is 2. The summed E-state index contributed by atoms with van der Waals surface area (Å²) in [6.07, 6.45) is 2.80. The van der Waals surface area contributed by atoms with E-state index in [0.717, 1.165) is 39.0 Å². The molecule has 1 heterocycles. The van der Waals surface area contributed by atoms with Gasteiger partial charge < -0.3 is 9.80 Å². The topological polar surface area (TPSA) is 23.6 Å². The second kappa shape index (κ2) is 7.66. The van der Waals surface area contributed by atoms with Gasteiger partial charge in [0.2, 0.25) is 5.91 Å². The molecule has 1 amide bonds. The van der Waals surface area contributed by atoms with Crippen LogP contribution in [0.5, 0.6) is 0 Å². The maximum atomic E-state index is 12.2. The maximum Gasteiger partial charge on any atom is 0.222 e. The monoisotopic (exact) mass is 302 g/mol. The number of benzene rings is 1. The molecule has 0 spiro atoms. The Morgan fingerprint density at radius 1 is 1.05 bits per heavy atom. The number of amides is 1. The molecule has 3 heteroatoms. The van der Waals surface area contributed by atoms with Crippen molar-refractivity contribution in [3.8, 4) is 0 Å². The number of hydrogen-bond donors (Lipinski definition) is 0. The summed E-state index contributed by atoms with van der Waals surface area (Å²) >= 11 is 0. The van der Waals surface area contributed by atoms with E-state index in [0.29, 0.717) is 18.2 Å². The number of aryl methyl sites for hydroxylation is 2. The van der Waals surface area contributed by atoms with Gasteiger partial charge in [-0.2, -0.15) is 0 Å². The first-order valence-electron chi connectivity index (χ1n) is 8.70. The highest BCUT2D eigenvalue weighted by atomic mass is 16.2. The average Bonchev–Trinajstić information content (AvgIpc) is 2.53. The summed E-state index contributed by atoms with van der Waals surface area (Å²) in [6.45, 7) is 12.3. The summed E-state index contributed by atoms with van der Waals surface area (Å²) in [5, 5.41) is 0. The van der Waals surface area contributed by atoms with E-state index in [1.807, 2.05) is 4.90 Å². The Balaban J connectivity index is 2.07. The molecule has 0 saturated carbocycles. The van der Waals surface area contributed by atoms with Gasteiger partial charge in [-0.15, -0.1) is 0 Å². The van der Waals surface area contributed by atoms with Crippen LogP contribution in [-0.4, -0.2) is 37.0 Å². The van der Waals surface area contributed by atoms with Crippen molar-refractivity contribution < 1.29 is 4.79 Å². The minimum absolute atomic E-state index is 0.314. The van der Waals surface area contributed by atoms with Gasteiger partial charge in [-0.05, 0) is 29.9 Å². The number of carbonyl (C=O) groups excluding carboxylic acids is 1. The lowest BCUT2D eigenvalue weighted by molar-refractivity contribution is -0.132. The molecular weight excluding hydrogens is 272 g/mol. The van der Waals surface area contributed by atoms with Crippen LogP contribution in [0.15, 0.2) is 18.2 Å². The van der Waals surface area contributed by atoms with E-state index in [9.17, 15) is 4.79 Å². The molecule has 3 nitrogen and oxygen atoms in total. The standard InChI is InChI=1S/C19H30N2O/c1-5-16-8-7-9-17(6-2)19(16)21-12-10-20(11-13-21)18(22)14-15(3)4/h7-9,15H,5-6,10-14H2,1-4H3. The van der Waals surface area contributed by atoms with Crippen molar-refractivity contribution in [3.63, 3.8) is 0 Å². The Bertz CT molecular complexity index is 480. The maximum absolute atomic E-state index is 12.2. The largest absolute Gasteiger partial charge is 0.368 e. The van der Waals surface area contributed by atoms with Crippen molar-refractivity contribution in [1.82, 2.24) is 4.90 Å². The number of nitrogens with zero attached hydrogens (tertiary/aromatic N) is 2. The molecule has 1 fully saturated rings. The molecule has 1 aliphatic heterocycles. The smallest absolute Gasteiger partial charge is 0.222 e. The lowest BCUT2D eigenvalue weighted by Gasteiger charge is -2.38. The summed E-state index contributed by atoms with van der Waals surface area (Å²) in [4.78, 5) is 16.7. The molecule has 122 valence electrons. The van der Waals surface area contributed by atoms with Gasteiger partial charge in [-0.3, -0.25) is 4.79 Å². The first kappa shape index (κ1) is 16.9. The molecule has 1 aliphatic rings. The van der Waals surface area contributed by atoms with Crippen LogP contribution >= 0.6 is 0 Å². The molecule has 0 bridgehead atoms. The van der Waals surface area contributed by atoms with Crippen LogP contribution in [0.25, 0.3) is 0 Å². The number of para-hydroxylation sites is 1. The fourth-order valence-corrected chi connectivity index (χ4v) is 3.28. The molecule has 0 N–H and O–H groups in total. The third-order valence-corrected chi connectivity index (χ3v) is 4.50. The highest BCUT2D eigenvalue weighted by Gasteiger charge is 2.23. The molecule has 1 saturated heterocycles. The summed E-state index contributed by atoms with van der Waals surface area (Å²) in [6, 6.07) is 6.65. The van der Waals surface area contributed by atoms with Crippen LogP contribution in [0.1, 0.15) is 45.2 Å². The van der Waals surface area contributed by atoms with Gasteiger partial charge in [0.05, 0.1) is 0 Å². The quantitative estimate of drug-likeness (QED) is 0.831. The first-order chi connectivity index (χ1) is 10.6. The highest BCUT2D eigenvalue weighted by Crippen LogP contribution is 2.28. The summed E-state index contributed by atoms with van der Waals surface area (Å²) < 4.78 is 0. The summed E-state index contributed by atoms with van der Waals surface area (Å²) in [5.41, 5.74) is 4.28. The predicted octanol–water partition coefficient (Wildman–Crippen LogP) is 3.51. The number of carbonyl (C=O) groups is 1. The molecule has 0 unspecified atom stereocenters. The predicted molar refractivity (Wildman–Crippen MR) is 93.4 cm³/mol. The lowest BCUT2D eigenvalue weighted by atomic mass is 10.0. The molecule has 0 aromatic heterocycles. The van der Waals surface area contributed by atoms with Crippen LogP contribution < -0.4 is 4.90 Å². The molecule has 1 aromatic rings. The van der Waals surface area contributed by atoms with E-state index in [4.69, 9.17) is 0 Å². The van der Waals surface area contributed by atoms with E-state index < -0.39 is 0 Å². The zero-order chi connectivity index (χ0) is 16.1. The fourth-order valence-electron chi connectivity index (χ4n) is 3.28. The van der Waals surface area contributed by atoms with E-state index in [-0.39, 0.29) is 0 Å². The van der Waals surface area contributed by atoms with Crippen molar-refractivity contribution >= 4 is 11.6 Å². The second-order valence-electron chi connectivity index (χ2n) is 6.60. The van der Waals surface area contributed by atoms with Crippen molar-refractivity contribution in [3.05, 3.63) is 29.3 Å². The van der Waals surface area contributed by atoms with E-state index >= 15 is 0 Å². The van der Waals surface area contributed by atoms with Gasteiger partial charge in [0.25, 0.3) is 0 Å². The van der Waals surface area contributed by atoms with E-state index in [1.165, 1.54) is 16.8 Å². The molecule has 0 atom stereocenters. The van der Waals surface area contributed by atoms with Crippen molar-refractivity contribution in [2.75, 3.05) is 31.1 Å². The van der Waals surface area contributed by atoms with Crippen molar-refractivity contribution in [1.29, 1.82) is 0 Å². The molecule has 1 aromatic carbocycles. The summed E-state index contributed by atoms with van der Waals surface area (Å²) in [5.74, 6) is 0.757. The third-order valence-electron chi connectivity index (χ3n) is 4.50. The van der Waals surface area contributed by atoms with Crippen LogP contribution in [0.2, 0.25) is 0 Å².